The van der Waals surface area contributed by atoms with Gasteiger partial charge in [0.15, 0.2) is 0 Å². The maximum absolute atomic E-state index is 12.0. The van der Waals surface area contributed by atoms with Gasteiger partial charge in [0.25, 0.3) is 5.91 Å². The summed E-state index contributed by atoms with van der Waals surface area (Å²) in [6.45, 7) is 0. The minimum absolute atomic E-state index is 0.285. The number of ether oxygens (including phenoxy) is 2. The molecule has 0 spiro atoms. The van der Waals surface area contributed by atoms with Crippen LogP contribution in [0.4, 0.5) is 0 Å². The largest absolute Gasteiger partial charge is 0.496 e. The second-order valence-electron chi connectivity index (χ2n) is 4.29. The number of nitrogens with zero attached hydrogens (tertiary/aromatic N) is 1. The fraction of sp³-hybridized carbons (Fsp3) is 0.125. The molecule has 1 N–H and O–H groups in total. The Hall–Kier alpha value is -2.09. The number of carbonyl (C=O) groups is 1. The molecule has 6 heteroatoms. The van der Waals surface area contributed by atoms with Crippen molar-refractivity contribution in [2.24, 2.45) is 5.10 Å². The van der Waals surface area contributed by atoms with Gasteiger partial charge < -0.3 is 9.47 Å². The lowest BCUT2D eigenvalue weighted by molar-refractivity contribution is 0.0955. The van der Waals surface area contributed by atoms with E-state index in [0.29, 0.717) is 11.3 Å². The van der Waals surface area contributed by atoms with E-state index in [0.717, 1.165) is 14.9 Å². The molecule has 0 unspecified atom stereocenters. The molecule has 0 aliphatic carbocycles. The molecular formula is C16H15IN2O3. The van der Waals surface area contributed by atoms with Crippen LogP contribution in [0.15, 0.2) is 47.6 Å². The van der Waals surface area contributed by atoms with Gasteiger partial charge >= 0.3 is 0 Å². The Kier molecular flexibility index (Phi) is 5.76. The van der Waals surface area contributed by atoms with Crippen LogP contribution in [0.1, 0.15) is 15.9 Å². The van der Waals surface area contributed by atoms with Crippen LogP contribution in [0.5, 0.6) is 11.5 Å². The highest BCUT2D eigenvalue weighted by Crippen LogP contribution is 2.21. The molecule has 114 valence electrons. The number of para-hydroxylation sites is 1. The van der Waals surface area contributed by atoms with Gasteiger partial charge in [-0.2, -0.15) is 5.10 Å². The van der Waals surface area contributed by atoms with Gasteiger partial charge in [-0.05, 0) is 52.9 Å². The van der Waals surface area contributed by atoms with E-state index in [9.17, 15) is 4.79 Å². The Morgan fingerprint density at radius 2 is 1.86 bits per heavy atom. The van der Waals surface area contributed by atoms with Crippen molar-refractivity contribution in [1.82, 2.24) is 5.43 Å². The molecule has 2 rings (SSSR count). The highest BCUT2D eigenvalue weighted by Gasteiger charge is 2.08. The molecule has 2 aromatic rings. The lowest BCUT2D eigenvalue weighted by Crippen LogP contribution is -2.17. The summed E-state index contributed by atoms with van der Waals surface area (Å²) >= 11 is 2.12. The third kappa shape index (κ3) is 3.97. The summed E-state index contributed by atoms with van der Waals surface area (Å²) in [5, 5.41) is 3.96. The minimum Gasteiger partial charge on any atom is -0.496 e. The first-order valence-electron chi connectivity index (χ1n) is 6.45. The Morgan fingerprint density at radius 3 is 2.55 bits per heavy atom. The molecule has 0 fully saturated rings. The van der Waals surface area contributed by atoms with Crippen LogP contribution in [-0.4, -0.2) is 26.3 Å². The predicted octanol–water partition coefficient (Wildman–Crippen LogP) is 3.07. The Bertz CT molecular complexity index is 702. The molecule has 22 heavy (non-hydrogen) atoms. The van der Waals surface area contributed by atoms with Crippen LogP contribution in [0.2, 0.25) is 0 Å². The van der Waals surface area contributed by atoms with Gasteiger partial charge in [0.2, 0.25) is 0 Å². The molecule has 0 aliphatic heterocycles. The number of methoxy groups -OCH3 is 2. The highest BCUT2D eigenvalue weighted by molar-refractivity contribution is 14.1. The van der Waals surface area contributed by atoms with Crippen molar-refractivity contribution >= 4 is 34.7 Å². The SMILES string of the molecule is COc1ccc(C(=O)NN=Cc2ccccc2OC)cc1I. The van der Waals surface area contributed by atoms with Gasteiger partial charge in [-0.1, -0.05) is 12.1 Å². The zero-order valence-electron chi connectivity index (χ0n) is 12.2. The van der Waals surface area contributed by atoms with Crippen molar-refractivity contribution in [2.75, 3.05) is 14.2 Å². The van der Waals surface area contributed by atoms with Crippen molar-refractivity contribution in [2.45, 2.75) is 0 Å². The van der Waals surface area contributed by atoms with Gasteiger partial charge in [-0.15, -0.1) is 0 Å². The van der Waals surface area contributed by atoms with E-state index in [-0.39, 0.29) is 5.91 Å². The lowest BCUT2D eigenvalue weighted by atomic mass is 10.2. The fourth-order valence-corrected chi connectivity index (χ4v) is 2.54. The van der Waals surface area contributed by atoms with E-state index < -0.39 is 0 Å². The van der Waals surface area contributed by atoms with Crippen molar-refractivity contribution in [3.05, 3.63) is 57.2 Å². The minimum atomic E-state index is -0.285. The van der Waals surface area contributed by atoms with Crippen LogP contribution in [0.3, 0.4) is 0 Å². The number of hydrogen-bond acceptors (Lipinski definition) is 4. The normalized spacial score (nSPS) is 10.5. The molecule has 0 atom stereocenters. The van der Waals surface area contributed by atoms with E-state index in [4.69, 9.17) is 9.47 Å². The summed E-state index contributed by atoms with van der Waals surface area (Å²) in [6.07, 6.45) is 1.55. The Balaban J connectivity index is 2.06. The molecule has 0 radical (unpaired) electrons. The molecule has 5 nitrogen and oxygen atoms in total. The number of halogens is 1. The van der Waals surface area contributed by atoms with Crippen molar-refractivity contribution in [3.63, 3.8) is 0 Å². The van der Waals surface area contributed by atoms with E-state index >= 15 is 0 Å². The predicted molar refractivity (Wildman–Crippen MR) is 93.8 cm³/mol. The molecule has 1 amide bonds. The smallest absolute Gasteiger partial charge is 0.271 e. The number of benzene rings is 2. The van der Waals surface area contributed by atoms with Crippen LogP contribution in [0.25, 0.3) is 0 Å². The first-order chi connectivity index (χ1) is 10.7. The topological polar surface area (TPSA) is 59.9 Å². The number of nitrogens with one attached hydrogen (secondary N) is 1. The highest BCUT2D eigenvalue weighted by atomic mass is 127. The van der Waals surface area contributed by atoms with Gasteiger partial charge in [-0.3, -0.25) is 4.79 Å². The van der Waals surface area contributed by atoms with Crippen LogP contribution in [-0.2, 0) is 0 Å². The Morgan fingerprint density at radius 1 is 1.14 bits per heavy atom. The summed E-state index contributed by atoms with van der Waals surface area (Å²) in [4.78, 5) is 12.0. The number of hydrogen-bond donors (Lipinski definition) is 1. The van der Waals surface area contributed by atoms with Crippen LogP contribution >= 0.6 is 22.6 Å². The first-order valence-corrected chi connectivity index (χ1v) is 7.53. The molecule has 0 aliphatic rings. The van der Waals surface area contributed by atoms with Crippen LogP contribution in [0, 0.1) is 3.57 Å². The molecule has 2 aromatic carbocycles. The maximum atomic E-state index is 12.0. The number of carbonyl (C=O) groups excluding carboxylic acids is 1. The van der Waals surface area contributed by atoms with Gasteiger partial charge in [0.05, 0.1) is 24.0 Å². The number of hydrazone groups is 1. The average Bonchev–Trinajstić information content (AvgIpc) is 2.55. The molecule has 0 aromatic heterocycles. The van der Waals surface area contributed by atoms with Crippen molar-refractivity contribution < 1.29 is 14.3 Å². The van der Waals surface area contributed by atoms with Crippen molar-refractivity contribution in [1.29, 1.82) is 0 Å². The lowest BCUT2D eigenvalue weighted by Gasteiger charge is -2.05. The molecule has 0 heterocycles. The monoisotopic (exact) mass is 410 g/mol. The average molecular weight is 410 g/mol. The standard InChI is InChI=1S/C16H15IN2O3/c1-21-14-6-4-3-5-12(14)10-18-19-16(20)11-7-8-15(22-2)13(17)9-11/h3-10H,1-2H3,(H,19,20). The second kappa shape index (κ2) is 7.79. The quantitative estimate of drug-likeness (QED) is 0.468. The van der Waals surface area contributed by atoms with E-state index in [1.807, 2.05) is 24.3 Å². The van der Waals surface area contributed by atoms with Gasteiger partial charge in [0, 0.05) is 11.1 Å². The van der Waals surface area contributed by atoms with Crippen LogP contribution < -0.4 is 14.9 Å². The number of amides is 1. The third-order valence-electron chi connectivity index (χ3n) is 2.92. The van der Waals surface area contributed by atoms with E-state index in [1.54, 1.807) is 38.6 Å². The van der Waals surface area contributed by atoms with E-state index in [2.05, 4.69) is 33.1 Å². The number of rotatable bonds is 5. The zero-order valence-corrected chi connectivity index (χ0v) is 14.3. The second-order valence-corrected chi connectivity index (χ2v) is 5.45. The summed E-state index contributed by atoms with van der Waals surface area (Å²) < 4.78 is 11.2. The summed E-state index contributed by atoms with van der Waals surface area (Å²) in [6, 6.07) is 12.6. The Labute approximate surface area is 142 Å². The molecule has 0 saturated heterocycles. The fourth-order valence-electron chi connectivity index (χ4n) is 1.81. The maximum Gasteiger partial charge on any atom is 0.271 e. The van der Waals surface area contributed by atoms with Crippen molar-refractivity contribution in [3.8, 4) is 11.5 Å². The van der Waals surface area contributed by atoms with Gasteiger partial charge in [0.1, 0.15) is 11.5 Å². The summed E-state index contributed by atoms with van der Waals surface area (Å²) in [5.74, 6) is 1.14. The van der Waals surface area contributed by atoms with Gasteiger partial charge in [-0.25, -0.2) is 5.43 Å². The molecular weight excluding hydrogens is 395 g/mol. The van der Waals surface area contributed by atoms with E-state index in [1.165, 1.54) is 0 Å². The molecule has 0 bridgehead atoms. The third-order valence-corrected chi connectivity index (χ3v) is 3.77. The molecule has 0 saturated carbocycles. The zero-order chi connectivity index (χ0) is 15.9. The summed E-state index contributed by atoms with van der Waals surface area (Å²) in [5.41, 5.74) is 3.80. The first kappa shape index (κ1) is 16.3. The summed E-state index contributed by atoms with van der Waals surface area (Å²) in [7, 11) is 3.18.